The Hall–Kier alpha value is -1.02. The fourth-order valence-electron chi connectivity index (χ4n) is 2.91. The summed E-state index contributed by atoms with van der Waals surface area (Å²) in [4.78, 5) is 2.68. The van der Waals surface area contributed by atoms with Crippen LogP contribution in [0.2, 0.25) is 0 Å². The Morgan fingerprint density at radius 3 is 2.75 bits per heavy atom. The van der Waals surface area contributed by atoms with Gasteiger partial charge >= 0.3 is 0 Å². The third kappa shape index (κ3) is 1.71. The van der Waals surface area contributed by atoms with Gasteiger partial charge in [0.25, 0.3) is 0 Å². The lowest BCUT2D eigenvalue weighted by molar-refractivity contribution is 0.241. The molecule has 2 nitrogen and oxygen atoms in total. The molecule has 1 aliphatic carbocycles. The van der Waals surface area contributed by atoms with Gasteiger partial charge in [-0.2, -0.15) is 0 Å². The van der Waals surface area contributed by atoms with Gasteiger partial charge in [-0.1, -0.05) is 18.2 Å². The second-order valence-electron chi connectivity index (χ2n) is 4.87. The summed E-state index contributed by atoms with van der Waals surface area (Å²) in [5, 5.41) is 0. The van der Waals surface area contributed by atoms with Gasteiger partial charge in [0.05, 0.1) is 7.11 Å². The first-order chi connectivity index (χ1) is 7.90. The van der Waals surface area contributed by atoms with Crippen LogP contribution in [0.25, 0.3) is 0 Å². The maximum Gasteiger partial charge on any atom is 0.123 e. The number of likely N-dealkylation sites (tertiary alicyclic amines) is 1. The Balaban J connectivity index is 1.89. The molecular formula is C14H19NO. The third-order valence-corrected chi connectivity index (χ3v) is 3.81. The third-order valence-electron chi connectivity index (χ3n) is 3.81. The van der Waals surface area contributed by atoms with Crippen molar-refractivity contribution in [2.45, 2.75) is 37.8 Å². The standard InChI is InChI=1S/C14H19NO/c1-16-14-7-3-2-5-12(14)13-6-4-10-15(13)11-8-9-11/h2-3,5,7,11,13H,4,6,8-10H2,1H3. The van der Waals surface area contributed by atoms with E-state index in [0.717, 1.165) is 11.8 Å². The van der Waals surface area contributed by atoms with Gasteiger partial charge in [-0.25, -0.2) is 0 Å². The van der Waals surface area contributed by atoms with Gasteiger partial charge in [-0.3, -0.25) is 4.90 Å². The summed E-state index contributed by atoms with van der Waals surface area (Å²) in [6.07, 6.45) is 5.41. The molecule has 0 radical (unpaired) electrons. The Morgan fingerprint density at radius 1 is 1.19 bits per heavy atom. The highest BCUT2D eigenvalue weighted by atomic mass is 16.5. The summed E-state index contributed by atoms with van der Waals surface area (Å²) in [7, 11) is 1.77. The van der Waals surface area contributed by atoms with E-state index in [1.807, 2.05) is 0 Å². The molecule has 16 heavy (non-hydrogen) atoms. The van der Waals surface area contributed by atoms with Gasteiger partial charge in [0.2, 0.25) is 0 Å². The number of nitrogens with zero attached hydrogens (tertiary/aromatic N) is 1. The molecule has 1 heterocycles. The van der Waals surface area contributed by atoms with Gasteiger partial charge in [0, 0.05) is 17.6 Å². The molecule has 2 heteroatoms. The van der Waals surface area contributed by atoms with Gasteiger partial charge < -0.3 is 4.74 Å². The van der Waals surface area contributed by atoms with Crippen molar-refractivity contribution >= 4 is 0 Å². The smallest absolute Gasteiger partial charge is 0.123 e. The Kier molecular flexibility index (Phi) is 2.60. The van der Waals surface area contributed by atoms with Crippen LogP contribution in [0.1, 0.15) is 37.3 Å². The highest BCUT2D eigenvalue weighted by Gasteiger charge is 2.38. The summed E-state index contributed by atoms with van der Waals surface area (Å²) in [5.74, 6) is 1.06. The van der Waals surface area contributed by atoms with Crippen molar-refractivity contribution < 1.29 is 4.74 Å². The summed E-state index contributed by atoms with van der Waals surface area (Å²) in [6, 6.07) is 9.95. The maximum atomic E-state index is 5.48. The van der Waals surface area contributed by atoms with Crippen LogP contribution in [-0.4, -0.2) is 24.6 Å². The van der Waals surface area contributed by atoms with Crippen LogP contribution in [0, 0.1) is 0 Å². The number of rotatable bonds is 3. The van der Waals surface area contributed by atoms with E-state index in [0.29, 0.717) is 6.04 Å². The number of methoxy groups -OCH3 is 1. The van der Waals surface area contributed by atoms with Crippen LogP contribution in [-0.2, 0) is 0 Å². The van der Waals surface area contributed by atoms with Crippen LogP contribution >= 0.6 is 0 Å². The minimum atomic E-state index is 0.601. The second-order valence-corrected chi connectivity index (χ2v) is 4.87. The average Bonchev–Trinajstić information content (AvgIpc) is 3.07. The molecule has 1 atom stereocenters. The highest BCUT2D eigenvalue weighted by Crippen LogP contribution is 2.43. The first kappa shape index (κ1) is 10.2. The molecule has 1 aromatic carbocycles. The molecule has 1 saturated carbocycles. The maximum absolute atomic E-state index is 5.48. The van der Waals surface area contributed by atoms with Crippen molar-refractivity contribution in [2.75, 3.05) is 13.7 Å². The number of benzene rings is 1. The summed E-state index contributed by atoms with van der Waals surface area (Å²) < 4.78 is 5.48. The number of para-hydroxylation sites is 1. The monoisotopic (exact) mass is 217 g/mol. The van der Waals surface area contributed by atoms with Crippen molar-refractivity contribution in [2.24, 2.45) is 0 Å². The predicted molar refractivity (Wildman–Crippen MR) is 64.7 cm³/mol. The lowest BCUT2D eigenvalue weighted by Gasteiger charge is -2.25. The van der Waals surface area contributed by atoms with Crippen molar-refractivity contribution in [1.82, 2.24) is 4.90 Å². The molecule has 2 fully saturated rings. The first-order valence-corrected chi connectivity index (χ1v) is 6.29. The molecule has 2 aliphatic rings. The molecule has 1 unspecified atom stereocenters. The van der Waals surface area contributed by atoms with E-state index >= 15 is 0 Å². The van der Waals surface area contributed by atoms with Gasteiger partial charge in [0.15, 0.2) is 0 Å². The second kappa shape index (κ2) is 4.10. The van der Waals surface area contributed by atoms with E-state index in [-0.39, 0.29) is 0 Å². The first-order valence-electron chi connectivity index (χ1n) is 6.29. The molecule has 1 aromatic rings. The van der Waals surface area contributed by atoms with E-state index in [4.69, 9.17) is 4.74 Å². The zero-order valence-electron chi connectivity index (χ0n) is 9.86. The number of hydrogen-bond acceptors (Lipinski definition) is 2. The molecule has 3 rings (SSSR count). The zero-order chi connectivity index (χ0) is 11.0. The van der Waals surface area contributed by atoms with E-state index in [2.05, 4.69) is 29.2 Å². The van der Waals surface area contributed by atoms with Crippen molar-refractivity contribution in [3.63, 3.8) is 0 Å². The molecule has 1 aliphatic heterocycles. The average molecular weight is 217 g/mol. The number of ether oxygens (including phenoxy) is 1. The Morgan fingerprint density at radius 2 is 2.00 bits per heavy atom. The summed E-state index contributed by atoms with van der Waals surface area (Å²) in [5.41, 5.74) is 1.38. The minimum Gasteiger partial charge on any atom is -0.496 e. The SMILES string of the molecule is COc1ccccc1C1CCCN1C1CC1. The molecule has 0 bridgehead atoms. The van der Waals surface area contributed by atoms with Crippen LogP contribution in [0.5, 0.6) is 5.75 Å². The van der Waals surface area contributed by atoms with E-state index in [1.54, 1.807) is 7.11 Å². The molecule has 0 amide bonds. The normalized spacial score (nSPS) is 25.9. The van der Waals surface area contributed by atoms with Gasteiger partial charge in [0.1, 0.15) is 5.75 Å². The largest absolute Gasteiger partial charge is 0.496 e. The van der Waals surface area contributed by atoms with Crippen molar-refractivity contribution in [1.29, 1.82) is 0 Å². The molecular weight excluding hydrogens is 198 g/mol. The zero-order valence-corrected chi connectivity index (χ0v) is 9.86. The van der Waals surface area contributed by atoms with E-state index < -0.39 is 0 Å². The Bertz CT molecular complexity index is 373. The lowest BCUT2D eigenvalue weighted by Crippen LogP contribution is -2.25. The molecule has 0 aromatic heterocycles. The molecule has 86 valence electrons. The topological polar surface area (TPSA) is 12.5 Å². The van der Waals surface area contributed by atoms with E-state index in [1.165, 1.54) is 37.8 Å². The number of hydrogen-bond donors (Lipinski definition) is 0. The van der Waals surface area contributed by atoms with Crippen LogP contribution in [0.4, 0.5) is 0 Å². The quantitative estimate of drug-likeness (QED) is 0.771. The molecule has 0 N–H and O–H groups in total. The van der Waals surface area contributed by atoms with Crippen LogP contribution < -0.4 is 4.74 Å². The summed E-state index contributed by atoms with van der Waals surface area (Å²) in [6.45, 7) is 1.27. The van der Waals surface area contributed by atoms with Crippen molar-refractivity contribution in [3.05, 3.63) is 29.8 Å². The predicted octanol–water partition coefficient (Wildman–Crippen LogP) is 2.99. The van der Waals surface area contributed by atoms with Crippen LogP contribution in [0.3, 0.4) is 0 Å². The van der Waals surface area contributed by atoms with Gasteiger partial charge in [-0.05, 0) is 38.3 Å². The Labute approximate surface area is 97.2 Å². The fraction of sp³-hybridized carbons (Fsp3) is 0.571. The van der Waals surface area contributed by atoms with E-state index in [9.17, 15) is 0 Å². The van der Waals surface area contributed by atoms with Crippen molar-refractivity contribution in [3.8, 4) is 5.75 Å². The fourth-order valence-corrected chi connectivity index (χ4v) is 2.91. The van der Waals surface area contributed by atoms with Gasteiger partial charge in [-0.15, -0.1) is 0 Å². The summed E-state index contributed by atoms with van der Waals surface area (Å²) >= 11 is 0. The lowest BCUT2D eigenvalue weighted by atomic mass is 10.0. The highest BCUT2D eigenvalue weighted by molar-refractivity contribution is 5.36. The molecule has 0 spiro atoms. The molecule has 1 saturated heterocycles. The van der Waals surface area contributed by atoms with Crippen LogP contribution in [0.15, 0.2) is 24.3 Å². The minimum absolute atomic E-state index is 0.601.